The maximum atomic E-state index is 12.4. The lowest BCUT2D eigenvalue weighted by Gasteiger charge is -2.08. The number of fused-ring (bicyclic) bond motifs is 1. The van der Waals surface area contributed by atoms with Crippen LogP contribution < -0.4 is 10.1 Å². The van der Waals surface area contributed by atoms with Crippen LogP contribution in [0.25, 0.3) is 16.8 Å². The van der Waals surface area contributed by atoms with Crippen LogP contribution in [-0.2, 0) is 4.79 Å². The molecule has 28 heavy (non-hydrogen) atoms. The van der Waals surface area contributed by atoms with E-state index in [1.165, 1.54) is 11.8 Å². The van der Waals surface area contributed by atoms with Crippen molar-refractivity contribution in [3.05, 3.63) is 75.7 Å². The molecule has 140 valence electrons. The number of amides is 1. The number of hydrogen-bond acceptors (Lipinski definition) is 4. The van der Waals surface area contributed by atoms with E-state index in [9.17, 15) is 4.79 Å². The summed E-state index contributed by atoms with van der Waals surface area (Å²) in [6.07, 6.45) is 1.88. The normalized spacial score (nSPS) is 16.8. The van der Waals surface area contributed by atoms with Gasteiger partial charge >= 0.3 is 0 Å². The Morgan fingerprint density at radius 2 is 1.89 bits per heavy atom. The third-order valence-corrected chi connectivity index (χ3v) is 5.78. The van der Waals surface area contributed by atoms with Gasteiger partial charge in [-0.05, 0) is 59.5 Å². The molecule has 0 aromatic heterocycles. The Labute approximate surface area is 172 Å². The largest absolute Gasteiger partial charge is 0.496 e. The Morgan fingerprint density at radius 3 is 2.64 bits per heavy atom. The van der Waals surface area contributed by atoms with Gasteiger partial charge in [0.15, 0.2) is 5.17 Å². The molecule has 4 nitrogen and oxygen atoms in total. The molecule has 0 saturated carbocycles. The average molecular weight is 409 g/mol. The summed E-state index contributed by atoms with van der Waals surface area (Å²) < 4.78 is 5.44. The van der Waals surface area contributed by atoms with Crippen molar-refractivity contribution in [1.82, 2.24) is 5.32 Å². The number of benzene rings is 3. The van der Waals surface area contributed by atoms with Gasteiger partial charge in [0, 0.05) is 10.4 Å². The van der Waals surface area contributed by atoms with Crippen molar-refractivity contribution in [3.8, 4) is 5.75 Å². The van der Waals surface area contributed by atoms with Gasteiger partial charge < -0.3 is 10.1 Å². The van der Waals surface area contributed by atoms with Crippen LogP contribution in [0.4, 0.5) is 5.69 Å². The summed E-state index contributed by atoms with van der Waals surface area (Å²) in [5.41, 5.74) is 2.64. The van der Waals surface area contributed by atoms with Gasteiger partial charge in [0.25, 0.3) is 5.91 Å². The molecule has 1 amide bonds. The molecule has 3 aromatic rings. The van der Waals surface area contributed by atoms with Gasteiger partial charge in [-0.15, -0.1) is 0 Å². The summed E-state index contributed by atoms with van der Waals surface area (Å²) in [6.45, 7) is 1.94. The molecule has 0 aliphatic carbocycles. The van der Waals surface area contributed by atoms with Crippen molar-refractivity contribution in [1.29, 1.82) is 0 Å². The van der Waals surface area contributed by atoms with Gasteiger partial charge in [-0.1, -0.05) is 48.0 Å². The number of amidine groups is 1. The summed E-state index contributed by atoms with van der Waals surface area (Å²) in [6, 6.07) is 17.4. The minimum absolute atomic E-state index is 0.165. The van der Waals surface area contributed by atoms with E-state index in [4.69, 9.17) is 16.3 Å². The van der Waals surface area contributed by atoms with E-state index in [-0.39, 0.29) is 5.91 Å². The van der Waals surface area contributed by atoms with Crippen LogP contribution in [-0.4, -0.2) is 18.2 Å². The number of thioether (sulfide) groups is 1. The standard InChI is InChI=1S/C22H17ClN2O2S/c1-13-7-9-15(12-18(13)23)24-22-25-21(26)20(28-22)11-14-8-10-19(27-2)17-6-4-3-5-16(14)17/h3-12H,1-2H3,(H,24,25,26)/b20-11-. The first-order valence-corrected chi connectivity index (χ1v) is 9.86. The molecule has 0 bridgehead atoms. The van der Waals surface area contributed by atoms with Crippen molar-refractivity contribution < 1.29 is 9.53 Å². The Kier molecular flexibility index (Phi) is 5.11. The molecule has 1 fully saturated rings. The molecular formula is C22H17ClN2O2S. The molecule has 1 saturated heterocycles. The average Bonchev–Trinajstić information content (AvgIpc) is 3.04. The second-order valence-corrected chi connectivity index (χ2v) is 7.76. The number of carbonyl (C=O) groups excluding carboxylic acids is 1. The Balaban J connectivity index is 1.68. The Bertz CT molecular complexity index is 1150. The van der Waals surface area contributed by atoms with Crippen LogP contribution in [0.2, 0.25) is 5.02 Å². The van der Waals surface area contributed by atoms with Crippen LogP contribution in [0.1, 0.15) is 11.1 Å². The molecule has 1 N–H and O–H groups in total. The van der Waals surface area contributed by atoms with E-state index < -0.39 is 0 Å². The van der Waals surface area contributed by atoms with Crippen molar-refractivity contribution in [2.45, 2.75) is 6.92 Å². The SMILES string of the molecule is COc1ccc(/C=C2\SC(=Nc3ccc(C)c(Cl)c3)NC2=O)c2ccccc12. The fourth-order valence-electron chi connectivity index (χ4n) is 2.99. The maximum absolute atomic E-state index is 12.4. The summed E-state index contributed by atoms with van der Waals surface area (Å²) in [5, 5.41) is 6.03. The lowest BCUT2D eigenvalue weighted by atomic mass is 10.0. The quantitative estimate of drug-likeness (QED) is 0.565. The minimum atomic E-state index is -0.165. The topological polar surface area (TPSA) is 50.7 Å². The fraction of sp³-hybridized carbons (Fsp3) is 0.0909. The van der Waals surface area contributed by atoms with Gasteiger partial charge in [0.1, 0.15) is 5.75 Å². The highest BCUT2D eigenvalue weighted by Crippen LogP contribution is 2.33. The van der Waals surface area contributed by atoms with Crippen LogP contribution in [0.5, 0.6) is 5.75 Å². The maximum Gasteiger partial charge on any atom is 0.264 e. The lowest BCUT2D eigenvalue weighted by molar-refractivity contribution is -0.115. The minimum Gasteiger partial charge on any atom is -0.496 e. The van der Waals surface area contributed by atoms with E-state index in [2.05, 4.69) is 10.3 Å². The molecule has 1 heterocycles. The first-order chi connectivity index (χ1) is 13.5. The molecule has 0 atom stereocenters. The predicted molar refractivity (Wildman–Crippen MR) is 117 cm³/mol. The van der Waals surface area contributed by atoms with Crippen LogP contribution in [0.15, 0.2) is 64.5 Å². The van der Waals surface area contributed by atoms with Crippen molar-refractivity contribution >= 4 is 57.0 Å². The van der Waals surface area contributed by atoms with Crippen LogP contribution in [0.3, 0.4) is 0 Å². The first-order valence-electron chi connectivity index (χ1n) is 8.66. The fourth-order valence-corrected chi connectivity index (χ4v) is 4.00. The third kappa shape index (κ3) is 3.63. The lowest BCUT2D eigenvalue weighted by Crippen LogP contribution is -2.19. The smallest absolute Gasteiger partial charge is 0.264 e. The molecule has 1 aliphatic rings. The number of hydrogen-bond donors (Lipinski definition) is 1. The number of nitrogens with one attached hydrogen (secondary N) is 1. The zero-order chi connectivity index (χ0) is 19.7. The number of halogens is 1. The summed E-state index contributed by atoms with van der Waals surface area (Å²) in [4.78, 5) is 17.5. The molecule has 0 spiro atoms. The molecule has 0 radical (unpaired) electrons. The second-order valence-electron chi connectivity index (χ2n) is 6.32. The second kappa shape index (κ2) is 7.70. The first kappa shape index (κ1) is 18.6. The number of nitrogens with zero attached hydrogens (tertiary/aromatic N) is 1. The molecule has 6 heteroatoms. The zero-order valence-corrected chi connectivity index (χ0v) is 16.9. The number of ether oxygens (including phenoxy) is 1. The summed E-state index contributed by atoms with van der Waals surface area (Å²) in [7, 11) is 1.65. The van der Waals surface area contributed by atoms with Crippen LogP contribution >= 0.6 is 23.4 Å². The summed E-state index contributed by atoms with van der Waals surface area (Å²) in [5.74, 6) is 0.640. The molecule has 0 unspecified atom stereocenters. The number of carbonyl (C=O) groups is 1. The van der Waals surface area contributed by atoms with E-state index in [0.717, 1.165) is 27.6 Å². The summed E-state index contributed by atoms with van der Waals surface area (Å²) >= 11 is 7.47. The van der Waals surface area contributed by atoms with Gasteiger partial charge in [-0.25, -0.2) is 4.99 Å². The van der Waals surface area contributed by atoms with Crippen molar-refractivity contribution in [2.75, 3.05) is 7.11 Å². The van der Waals surface area contributed by atoms with Crippen molar-refractivity contribution in [2.24, 2.45) is 4.99 Å². The Hall–Kier alpha value is -2.76. The predicted octanol–water partition coefficient (Wildman–Crippen LogP) is 5.70. The van der Waals surface area contributed by atoms with E-state index in [1.54, 1.807) is 13.2 Å². The highest BCUT2D eigenvalue weighted by Gasteiger charge is 2.24. The van der Waals surface area contributed by atoms with Gasteiger partial charge in [-0.2, -0.15) is 0 Å². The highest BCUT2D eigenvalue weighted by atomic mass is 35.5. The van der Waals surface area contributed by atoms with E-state index in [0.29, 0.717) is 20.8 Å². The third-order valence-electron chi connectivity index (χ3n) is 4.46. The zero-order valence-electron chi connectivity index (χ0n) is 15.3. The van der Waals surface area contributed by atoms with Gasteiger partial charge in [0.2, 0.25) is 0 Å². The van der Waals surface area contributed by atoms with Crippen molar-refractivity contribution in [3.63, 3.8) is 0 Å². The monoisotopic (exact) mass is 408 g/mol. The highest BCUT2D eigenvalue weighted by molar-refractivity contribution is 8.18. The molecule has 3 aromatic carbocycles. The molecular weight excluding hydrogens is 392 g/mol. The van der Waals surface area contributed by atoms with E-state index >= 15 is 0 Å². The van der Waals surface area contributed by atoms with E-state index in [1.807, 2.05) is 61.5 Å². The number of aliphatic imine (C=N–C) groups is 1. The number of methoxy groups -OCH3 is 1. The van der Waals surface area contributed by atoms with Gasteiger partial charge in [-0.3, -0.25) is 4.79 Å². The molecule has 1 aliphatic heterocycles. The molecule has 4 rings (SSSR count). The Morgan fingerprint density at radius 1 is 1.11 bits per heavy atom. The number of rotatable bonds is 3. The number of aryl methyl sites for hydroxylation is 1. The van der Waals surface area contributed by atoms with Gasteiger partial charge in [0.05, 0.1) is 17.7 Å². The van der Waals surface area contributed by atoms with Crippen LogP contribution in [0, 0.1) is 6.92 Å².